The van der Waals surface area contributed by atoms with Gasteiger partial charge in [-0.15, -0.1) is 0 Å². The zero-order valence-electron chi connectivity index (χ0n) is 10.8. The molecule has 2 aliphatic rings. The van der Waals surface area contributed by atoms with Crippen molar-refractivity contribution in [3.8, 4) is 0 Å². The Kier molecular flexibility index (Phi) is 3.78. The van der Waals surface area contributed by atoms with Crippen LogP contribution in [0.5, 0.6) is 0 Å². The topological polar surface area (TPSA) is 32.3 Å². The molecule has 3 atom stereocenters. The Morgan fingerprint density at radius 1 is 1.16 bits per heavy atom. The van der Waals surface area contributed by atoms with Crippen molar-refractivity contribution in [2.45, 2.75) is 43.7 Å². The highest BCUT2D eigenvalue weighted by Crippen LogP contribution is 2.46. The Bertz CT molecular complexity index is 475. The second kappa shape index (κ2) is 5.25. The molecule has 104 valence electrons. The van der Waals surface area contributed by atoms with E-state index in [1.165, 1.54) is 6.42 Å². The molecule has 0 spiro atoms. The third-order valence-corrected chi connectivity index (χ3v) is 5.43. The van der Waals surface area contributed by atoms with Crippen LogP contribution in [0.15, 0.2) is 18.2 Å². The van der Waals surface area contributed by atoms with E-state index in [2.05, 4.69) is 5.32 Å². The molecule has 0 amide bonds. The number of hydrogen-bond donors (Lipinski definition) is 2. The molecule has 4 heteroatoms. The molecule has 1 aliphatic carbocycles. The van der Waals surface area contributed by atoms with E-state index in [0.717, 1.165) is 37.8 Å². The fraction of sp³-hybridized carbons (Fsp3) is 0.600. The Balaban J connectivity index is 1.92. The lowest BCUT2D eigenvalue weighted by atomic mass is 9.67. The molecule has 1 aromatic rings. The van der Waals surface area contributed by atoms with Crippen LogP contribution >= 0.6 is 23.2 Å². The highest BCUT2D eigenvalue weighted by Gasteiger charge is 2.45. The van der Waals surface area contributed by atoms with Crippen LogP contribution in [0.2, 0.25) is 10.0 Å². The number of rotatable bonds is 1. The largest absolute Gasteiger partial charge is 0.389 e. The molecule has 3 rings (SSSR count). The van der Waals surface area contributed by atoms with Gasteiger partial charge in [0.15, 0.2) is 0 Å². The Morgan fingerprint density at radius 2 is 2.00 bits per heavy atom. The van der Waals surface area contributed by atoms with Gasteiger partial charge in [0, 0.05) is 12.0 Å². The predicted octanol–water partition coefficient (Wildman–Crippen LogP) is 3.95. The summed E-state index contributed by atoms with van der Waals surface area (Å²) in [6, 6.07) is 5.99. The summed E-state index contributed by atoms with van der Waals surface area (Å²) in [6.45, 7) is 0.859. The average molecular weight is 300 g/mol. The van der Waals surface area contributed by atoms with Crippen molar-refractivity contribution >= 4 is 23.2 Å². The Morgan fingerprint density at radius 3 is 2.79 bits per heavy atom. The number of benzene rings is 1. The monoisotopic (exact) mass is 299 g/mol. The lowest BCUT2D eigenvalue weighted by Gasteiger charge is -2.48. The van der Waals surface area contributed by atoms with Gasteiger partial charge in [-0.05, 0) is 43.5 Å². The average Bonchev–Trinajstić information content (AvgIpc) is 2.40. The minimum atomic E-state index is -0.500. The van der Waals surface area contributed by atoms with E-state index < -0.39 is 5.60 Å². The van der Waals surface area contributed by atoms with Crippen LogP contribution in [-0.2, 0) is 0 Å². The molecular formula is C15H19Cl2NO. The van der Waals surface area contributed by atoms with Gasteiger partial charge < -0.3 is 10.4 Å². The highest BCUT2D eigenvalue weighted by atomic mass is 35.5. The van der Waals surface area contributed by atoms with Gasteiger partial charge in [0.2, 0.25) is 0 Å². The first kappa shape index (κ1) is 13.7. The van der Waals surface area contributed by atoms with Crippen molar-refractivity contribution < 1.29 is 5.11 Å². The third kappa shape index (κ3) is 2.52. The number of piperidine rings is 1. The van der Waals surface area contributed by atoms with Crippen LogP contribution in [-0.4, -0.2) is 17.3 Å². The van der Waals surface area contributed by atoms with Crippen LogP contribution in [0, 0.1) is 5.92 Å². The van der Waals surface area contributed by atoms with Gasteiger partial charge in [-0.1, -0.05) is 42.1 Å². The number of halogens is 2. The maximum absolute atomic E-state index is 10.8. The first-order valence-corrected chi connectivity index (χ1v) is 7.76. The van der Waals surface area contributed by atoms with Crippen molar-refractivity contribution in [2.24, 2.45) is 5.92 Å². The van der Waals surface area contributed by atoms with Crippen molar-refractivity contribution in [3.63, 3.8) is 0 Å². The molecular weight excluding hydrogens is 281 g/mol. The summed E-state index contributed by atoms with van der Waals surface area (Å²) in [5, 5.41) is 15.6. The summed E-state index contributed by atoms with van der Waals surface area (Å²) in [7, 11) is 0. The summed E-state index contributed by atoms with van der Waals surface area (Å²) >= 11 is 12.1. The molecule has 1 aromatic carbocycles. The van der Waals surface area contributed by atoms with Gasteiger partial charge >= 0.3 is 0 Å². The molecule has 19 heavy (non-hydrogen) atoms. The molecule has 2 fully saturated rings. The van der Waals surface area contributed by atoms with Gasteiger partial charge in [0.25, 0.3) is 0 Å². The van der Waals surface area contributed by atoms with Crippen LogP contribution < -0.4 is 5.32 Å². The Labute approximate surface area is 124 Å². The van der Waals surface area contributed by atoms with Gasteiger partial charge in [-0.25, -0.2) is 0 Å². The fourth-order valence-electron chi connectivity index (χ4n) is 3.68. The molecule has 3 unspecified atom stereocenters. The van der Waals surface area contributed by atoms with Crippen LogP contribution in [0.3, 0.4) is 0 Å². The lowest BCUT2D eigenvalue weighted by molar-refractivity contribution is -0.0861. The molecule has 1 heterocycles. The van der Waals surface area contributed by atoms with Crippen molar-refractivity contribution in [1.82, 2.24) is 5.32 Å². The van der Waals surface area contributed by atoms with Crippen molar-refractivity contribution in [2.75, 3.05) is 6.54 Å². The molecule has 1 aliphatic heterocycles. The number of hydrogen-bond acceptors (Lipinski definition) is 2. The van der Waals surface area contributed by atoms with E-state index in [0.29, 0.717) is 10.0 Å². The van der Waals surface area contributed by atoms with Gasteiger partial charge in [-0.2, -0.15) is 0 Å². The second-order valence-electron chi connectivity index (χ2n) is 5.81. The first-order chi connectivity index (χ1) is 9.10. The van der Waals surface area contributed by atoms with Crippen molar-refractivity contribution in [3.05, 3.63) is 33.8 Å². The summed E-state index contributed by atoms with van der Waals surface area (Å²) in [4.78, 5) is 0. The molecule has 0 aromatic heterocycles. The smallest absolute Gasteiger partial charge is 0.0706 e. The van der Waals surface area contributed by atoms with Crippen LogP contribution in [0.1, 0.15) is 43.7 Å². The number of aliphatic hydroxyl groups is 1. The summed E-state index contributed by atoms with van der Waals surface area (Å²) in [5.74, 6) is 0.284. The van der Waals surface area contributed by atoms with E-state index >= 15 is 0 Å². The van der Waals surface area contributed by atoms with E-state index in [4.69, 9.17) is 23.2 Å². The molecule has 2 N–H and O–H groups in total. The fourth-order valence-corrected chi connectivity index (χ4v) is 3.99. The second-order valence-corrected chi connectivity index (χ2v) is 6.63. The van der Waals surface area contributed by atoms with E-state index in [1.54, 1.807) is 0 Å². The molecule has 1 saturated heterocycles. The third-order valence-electron chi connectivity index (χ3n) is 4.69. The van der Waals surface area contributed by atoms with Crippen molar-refractivity contribution in [1.29, 1.82) is 0 Å². The van der Waals surface area contributed by atoms with E-state index in [1.807, 2.05) is 18.2 Å². The van der Waals surface area contributed by atoms with Gasteiger partial charge in [-0.3, -0.25) is 0 Å². The normalized spacial score (nSPS) is 34.9. The zero-order chi connectivity index (χ0) is 13.5. The quantitative estimate of drug-likeness (QED) is 0.823. The maximum Gasteiger partial charge on any atom is 0.0706 e. The Hall–Kier alpha value is -0.280. The zero-order valence-corrected chi connectivity index (χ0v) is 12.3. The van der Waals surface area contributed by atoms with Gasteiger partial charge in [0.05, 0.1) is 15.6 Å². The minimum Gasteiger partial charge on any atom is -0.389 e. The standard InChI is InChI=1S/C15H19Cl2NO/c16-12-5-4-10(9-13(12)17)14-11-3-1-2-6-15(11,19)7-8-18-14/h4-5,9,11,14,18-19H,1-3,6-8H2. The molecule has 1 saturated carbocycles. The maximum atomic E-state index is 10.8. The predicted molar refractivity (Wildman–Crippen MR) is 78.7 cm³/mol. The molecule has 2 nitrogen and oxygen atoms in total. The summed E-state index contributed by atoms with van der Waals surface area (Å²) in [5.41, 5.74) is 0.639. The van der Waals surface area contributed by atoms with Crippen LogP contribution in [0.25, 0.3) is 0 Å². The van der Waals surface area contributed by atoms with Gasteiger partial charge in [0.1, 0.15) is 0 Å². The minimum absolute atomic E-state index is 0.189. The summed E-state index contributed by atoms with van der Waals surface area (Å²) in [6.07, 6.45) is 5.20. The molecule has 0 radical (unpaired) electrons. The number of fused-ring (bicyclic) bond motifs is 1. The lowest BCUT2D eigenvalue weighted by Crippen LogP contribution is -2.53. The van der Waals surface area contributed by atoms with Crippen LogP contribution in [0.4, 0.5) is 0 Å². The first-order valence-electron chi connectivity index (χ1n) is 7.01. The van der Waals surface area contributed by atoms with E-state index in [9.17, 15) is 5.11 Å². The highest BCUT2D eigenvalue weighted by molar-refractivity contribution is 6.42. The number of nitrogens with one attached hydrogen (secondary N) is 1. The SMILES string of the molecule is OC12CCCCC1C(c1ccc(Cl)c(Cl)c1)NCC2. The summed E-state index contributed by atoms with van der Waals surface area (Å²) < 4.78 is 0. The molecule has 0 bridgehead atoms. The van der Waals surface area contributed by atoms with E-state index in [-0.39, 0.29) is 12.0 Å².